The molecule has 2 N–H and O–H groups in total. The molecule has 0 unspecified atom stereocenters. The first-order valence-corrected chi connectivity index (χ1v) is 11.9. The minimum Gasteiger partial charge on any atom is -0.494 e. The van der Waals surface area contributed by atoms with E-state index in [0.29, 0.717) is 12.3 Å². The molecule has 0 aliphatic heterocycles. The first-order chi connectivity index (χ1) is 15.9. The standard InChI is InChI=1S/C25H23N3O4S/c1-3-32-20-11-14-23-22(16-20)24(15-17(2)26-23)27-19-9-12-21(13-10-19)33(30,31)28-25(29)18-7-5-4-6-8-18/h4-16H,3H2,1-2H3,(H,26,27)(H,28,29). The summed E-state index contributed by atoms with van der Waals surface area (Å²) < 4.78 is 33.0. The number of sulfonamides is 1. The maximum atomic E-state index is 12.6. The fourth-order valence-electron chi connectivity index (χ4n) is 3.40. The Hall–Kier alpha value is -3.91. The highest BCUT2D eigenvalue weighted by Crippen LogP contribution is 2.30. The zero-order valence-electron chi connectivity index (χ0n) is 18.2. The van der Waals surface area contributed by atoms with E-state index in [1.165, 1.54) is 12.1 Å². The van der Waals surface area contributed by atoms with Crippen molar-refractivity contribution in [2.75, 3.05) is 11.9 Å². The Morgan fingerprint density at radius 1 is 0.970 bits per heavy atom. The molecule has 0 spiro atoms. The highest BCUT2D eigenvalue weighted by molar-refractivity contribution is 7.90. The van der Waals surface area contributed by atoms with Crippen molar-refractivity contribution in [1.29, 1.82) is 0 Å². The summed E-state index contributed by atoms with van der Waals surface area (Å²) in [4.78, 5) is 16.8. The zero-order valence-corrected chi connectivity index (χ0v) is 19.0. The summed E-state index contributed by atoms with van der Waals surface area (Å²) in [6, 6.07) is 22.0. The molecule has 1 heterocycles. The smallest absolute Gasteiger partial charge is 0.264 e. The fourth-order valence-corrected chi connectivity index (χ4v) is 4.37. The highest BCUT2D eigenvalue weighted by Gasteiger charge is 2.18. The van der Waals surface area contributed by atoms with Crippen molar-refractivity contribution in [3.63, 3.8) is 0 Å². The molecule has 4 rings (SSSR count). The van der Waals surface area contributed by atoms with Gasteiger partial charge < -0.3 is 10.1 Å². The van der Waals surface area contributed by atoms with Crippen molar-refractivity contribution in [2.24, 2.45) is 0 Å². The van der Waals surface area contributed by atoms with Crippen molar-refractivity contribution in [3.05, 3.63) is 90.1 Å². The average Bonchev–Trinajstić information content (AvgIpc) is 2.80. The third-order valence-corrected chi connectivity index (χ3v) is 6.27. The molecule has 33 heavy (non-hydrogen) atoms. The lowest BCUT2D eigenvalue weighted by molar-refractivity contribution is 0.0981. The summed E-state index contributed by atoms with van der Waals surface area (Å²) in [7, 11) is -4.00. The molecule has 0 aliphatic rings. The van der Waals surface area contributed by atoms with Gasteiger partial charge in [-0.15, -0.1) is 0 Å². The SMILES string of the molecule is CCOc1ccc2nc(C)cc(Nc3ccc(S(=O)(=O)NC(=O)c4ccccc4)cc3)c2c1. The van der Waals surface area contributed by atoms with Crippen LogP contribution in [0.25, 0.3) is 10.9 Å². The second-order valence-corrected chi connectivity index (χ2v) is 9.06. The van der Waals surface area contributed by atoms with Gasteiger partial charge in [0.25, 0.3) is 15.9 Å². The molecule has 168 valence electrons. The second-order valence-electron chi connectivity index (χ2n) is 7.37. The number of fused-ring (bicyclic) bond motifs is 1. The van der Waals surface area contributed by atoms with E-state index >= 15 is 0 Å². The number of anilines is 2. The summed E-state index contributed by atoms with van der Waals surface area (Å²) in [5, 5.41) is 4.21. The number of hydrogen-bond donors (Lipinski definition) is 2. The summed E-state index contributed by atoms with van der Waals surface area (Å²) in [6.07, 6.45) is 0. The molecule has 0 bridgehead atoms. The van der Waals surface area contributed by atoms with E-state index in [0.717, 1.165) is 28.0 Å². The van der Waals surface area contributed by atoms with Crippen molar-refractivity contribution in [3.8, 4) is 5.75 Å². The van der Waals surface area contributed by atoms with Gasteiger partial charge in [0, 0.05) is 28.0 Å². The molecule has 0 saturated carbocycles. The molecule has 0 fully saturated rings. The summed E-state index contributed by atoms with van der Waals surface area (Å²) >= 11 is 0. The van der Waals surface area contributed by atoms with E-state index in [1.807, 2.05) is 38.1 Å². The molecule has 1 aromatic heterocycles. The van der Waals surface area contributed by atoms with Crippen LogP contribution in [-0.4, -0.2) is 25.9 Å². The van der Waals surface area contributed by atoms with E-state index in [2.05, 4.69) is 15.0 Å². The molecule has 1 amide bonds. The predicted octanol–water partition coefficient (Wildman–Crippen LogP) is 4.80. The molecule has 0 atom stereocenters. The van der Waals surface area contributed by atoms with Crippen LogP contribution in [-0.2, 0) is 10.0 Å². The number of aryl methyl sites for hydroxylation is 1. The molecular weight excluding hydrogens is 438 g/mol. The number of rotatable bonds is 7. The Morgan fingerprint density at radius 2 is 1.70 bits per heavy atom. The van der Waals surface area contributed by atoms with Crippen LogP contribution >= 0.6 is 0 Å². The molecule has 0 radical (unpaired) electrons. The third kappa shape index (κ3) is 5.12. The fraction of sp³-hybridized carbons (Fsp3) is 0.120. The van der Waals surface area contributed by atoms with Crippen molar-refractivity contribution in [2.45, 2.75) is 18.7 Å². The average molecular weight is 462 g/mol. The van der Waals surface area contributed by atoms with Crippen LogP contribution in [0.5, 0.6) is 5.75 Å². The van der Waals surface area contributed by atoms with Gasteiger partial charge in [-0.1, -0.05) is 18.2 Å². The molecule has 3 aromatic carbocycles. The van der Waals surface area contributed by atoms with E-state index in [4.69, 9.17) is 4.74 Å². The molecule has 0 aliphatic carbocycles. The number of amides is 1. The van der Waals surface area contributed by atoms with Crippen LogP contribution in [0, 0.1) is 6.92 Å². The van der Waals surface area contributed by atoms with E-state index in [-0.39, 0.29) is 10.5 Å². The van der Waals surface area contributed by atoms with Crippen LogP contribution in [0.2, 0.25) is 0 Å². The zero-order chi connectivity index (χ0) is 23.4. The Labute approximate surface area is 192 Å². The van der Waals surface area contributed by atoms with Gasteiger partial charge in [0.2, 0.25) is 0 Å². The third-order valence-electron chi connectivity index (χ3n) is 4.93. The topological polar surface area (TPSA) is 97.4 Å². The Morgan fingerprint density at radius 3 is 2.39 bits per heavy atom. The van der Waals surface area contributed by atoms with Gasteiger partial charge in [0.05, 0.1) is 17.0 Å². The van der Waals surface area contributed by atoms with Crippen LogP contribution in [0.3, 0.4) is 0 Å². The first-order valence-electron chi connectivity index (χ1n) is 10.4. The van der Waals surface area contributed by atoms with Gasteiger partial charge in [-0.25, -0.2) is 13.1 Å². The van der Waals surface area contributed by atoms with Crippen molar-refractivity contribution < 1.29 is 17.9 Å². The number of pyridine rings is 1. The maximum Gasteiger partial charge on any atom is 0.264 e. The van der Waals surface area contributed by atoms with E-state index in [9.17, 15) is 13.2 Å². The van der Waals surface area contributed by atoms with Gasteiger partial charge in [-0.3, -0.25) is 9.78 Å². The molecule has 8 heteroatoms. The minimum absolute atomic E-state index is 0.00766. The normalized spacial score (nSPS) is 11.2. The van der Waals surface area contributed by atoms with E-state index in [1.54, 1.807) is 42.5 Å². The van der Waals surface area contributed by atoms with Gasteiger partial charge >= 0.3 is 0 Å². The number of nitrogens with one attached hydrogen (secondary N) is 2. The quantitative estimate of drug-likeness (QED) is 0.410. The van der Waals surface area contributed by atoms with Crippen LogP contribution in [0.4, 0.5) is 11.4 Å². The number of aromatic nitrogens is 1. The Kier molecular flexibility index (Phi) is 6.28. The van der Waals surface area contributed by atoms with Crippen LogP contribution in [0.1, 0.15) is 23.0 Å². The Balaban J connectivity index is 1.57. The van der Waals surface area contributed by atoms with Crippen LogP contribution < -0.4 is 14.8 Å². The summed E-state index contributed by atoms with van der Waals surface area (Å²) in [6.45, 7) is 4.39. The first kappa shape index (κ1) is 22.3. The van der Waals surface area contributed by atoms with Crippen molar-refractivity contribution in [1.82, 2.24) is 9.71 Å². The van der Waals surface area contributed by atoms with Gasteiger partial charge in [0.1, 0.15) is 5.75 Å². The lowest BCUT2D eigenvalue weighted by atomic mass is 10.1. The lowest BCUT2D eigenvalue weighted by Crippen LogP contribution is -2.30. The largest absolute Gasteiger partial charge is 0.494 e. The molecule has 7 nitrogen and oxygen atoms in total. The number of carbonyl (C=O) groups is 1. The number of ether oxygens (including phenoxy) is 1. The maximum absolute atomic E-state index is 12.6. The highest BCUT2D eigenvalue weighted by atomic mass is 32.2. The predicted molar refractivity (Wildman–Crippen MR) is 128 cm³/mol. The van der Waals surface area contributed by atoms with Crippen molar-refractivity contribution >= 4 is 38.2 Å². The lowest BCUT2D eigenvalue weighted by Gasteiger charge is -2.13. The second kappa shape index (κ2) is 9.30. The van der Waals surface area contributed by atoms with Crippen LogP contribution in [0.15, 0.2) is 83.8 Å². The summed E-state index contributed by atoms with van der Waals surface area (Å²) in [5.74, 6) is 0.0657. The number of hydrogen-bond acceptors (Lipinski definition) is 6. The molecule has 0 saturated heterocycles. The minimum atomic E-state index is -4.00. The van der Waals surface area contributed by atoms with E-state index < -0.39 is 15.9 Å². The van der Waals surface area contributed by atoms with Gasteiger partial charge in [0.15, 0.2) is 0 Å². The molecular formula is C25H23N3O4S. The number of nitrogens with zero attached hydrogens (tertiary/aromatic N) is 1. The monoisotopic (exact) mass is 461 g/mol. The summed E-state index contributed by atoms with van der Waals surface area (Å²) in [5.41, 5.74) is 3.45. The van der Waals surface area contributed by atoms with Gasteiger partial charge in [-0.05, 0) is 74.5 Å². The Bertz CT molecular complexity index is 1400. The number of benzene rings is 3. The van der Waals surface area contributed by atoms with Gasteiger partial charge in [-0.2, -0.15) is 0 Å². The molecule has 4 aromatic rings. The number of carbonyl (C=O) groups excluding carboxylic acids is 1.